The van der Waals surface area contributed by atoms with Crippen molar-refractivity contribution in [3.63, 3.8) is 0 Å². The highest BCUT2D eigenvalue weighted by Gasteiger charge is 2.30. The molecule has 0 unspecified atom stereocenters. The summed E-state index contributed by atoms with van der Waals surface area (Å²) in [6, 6.07) is 7.35. The van der Waals surface area contributed by atoms with E-state index in [9.17, 15) is 19.5 Å². The molecule has 5 rings (SSSR count). The molecule has 0 spiro atoms. The van der Waals surface area contributed by atoms with Gasteiger partial charge in [-0.3, -0.25) is 19.0 Å². The molecular formula is C25H27N5O5. The number of fused-ring (bicyclic) bond motifs is 2. The molecule has 35 heavy (non-hydrogen) atoms. The summed E-state index contributed by atoms with van der Waals surface area (Å²) in [5.74, 6) is -0.648. The van der Waals surface area contributed by atoms with Gasteiger partial charge in [0.1, 0.15) is 18.0 Å². The summed E-state index contributed by atoms with van der Waals surface area (Å²) in [7, 11) is 0. The normalized spacial score (nSPS) is 15.5. The van der Waals surface area contributed by atoms with E-state index in [2.05, 4.69) is 10.4 Å². The zero-order valence-corrected chi connectivity index (χ0v) is 19.6. The number of ether oxygens (including phenoxy) is 1. The minimum absolute atomic E-state index is 0.0305. The van der Waals surface area contributed by atoms with Crippen molar-refractivity contribution in [2.45, 2.75) is 39.3 Å². The van der Waals surface area contributed by atoms with E-state index in [-0.39, 0.29) is 23.4 Å². The van der Waals surface area contributed by atoms with E-state index in [0.717, 1.165) is 12.8 Å². The molecule has 1 aromatic carbocycles. The molecule has 0 saturated heterocycles. The molecule has 2 N–H and O–H groups in total. The highest BCUT2D eigenvalue weighted by atomic mass is 16.5. The summed E-state index contributed by atoms with van der Waals surface area (Å²) in [6.45, 7) is 5.01. The van der Waals surface area contributed by atoms with E-state index in [1.165, 1.54) is 21.4 Å². The van der Waals surface area contributed by atoms with Crippen molar-refractivity contribution in [2.24, 2.45) is 5.92 Å². The van der Waals surface area contributed by atoms with E-state index in [0.29, 0.717) is 42.3 Å². The van der Waals surface area contributed by atoms with Gasteiger partial charge in [0, 0.05) is 24.2 Å². The Labute approximate surface area is 201 Å². The fourth-order valence-electron chi connectivity index (χ4n) is 4.20. The van der Waals surface area contributed by atoms with Crippen LogP contribution >= 0.6 is 0 Å². The van der Waals surface area contributed by atoms with Crippen LogP contribution in [0.25, 0.3) is 11.7 Å². The molecule has 182 valence electrons. The van der Waals surface area contributed by atoms with Gasteiger partial charge in [0.05, 0.1) is 18.4 Å². The number of hydrogen-bond donors (Lipinski definition) is 2. The Morgan fingerprint density at radius 1 is 1.29 bits per heavy atom. The molecule has 3 heterocycles. The van der Waals surface area contributed by atoms with Crippen molar-refractivity contribution < 1.29 is 19.4 Å². The molecule has 2 amide bonds. The molecule has 2 aromatic heterocycles. The quantitative estimate of drug-likeness (QED) is 0.526. The zero-order valence-electron chi connectivity index (χ0n) is 19.6. The number of amides is 2. The van der Waals surface area contributed by atoms with Crippen LogP contribution in [-0.2, 0) is 11.3 Å². The predicted molar refractivity (Wildman–Crippen MR) is 130 cm³/mol. The van der Waals surface area contributed by atoms with Crippen molar-refractivity contribution in [2.75, 3.05) is 18.1 Å². The van der Waals surface area contributed by atoms with Crippen LogP contribution in [0.2, 0.25) is 0 Å². The van der Waals surface area contributed by atoms with Crippen LogP contribution in [0, 0.1) is 5.92 Å². The summed E-state index contributed by atoms with van der Waals surface area (Å²) >= 11 is 0. The first kappa shape index (κ1) is 22.7. The Hall–Kier alpha value is -4.08. The summed E-state index contributed by atoms with van der Waals surface area (Å²) in [5, 5.41) is 17.8. The average molecular weight is 478 g/mol. The maximum Gasteiger partial charge on any atom is 0.270 e. The predicted octanol–water partition coefficient (Wildman–Crippen LogP) is 2.19. The number of nitrogens with one attached hydrogen (secondary N) is 1. The number of aromatic hydroxyl groups is 1. The second-order valence-electron chi connectivity index (χ2n) is 9.23. The van der Waals surface area contributed by atoms with Gasteiger partial charge >= 0.3 is 0 Å². The van der Waals surface area contributed by atoms with Gasteiger partial charge in [0.15, 0.2) is 5.56 Å². The van der Waals surface area contributed by atoms with Crippen LogP contribution in [0.4, 0.5) is 5.69 Å². The molecule has 10 heteroatoms. The lowest BCUT2D eigenvalue weighted by molar-refractivity contribution is -0.114. The van der Waals surface area contributed by atoms with Crippen LogP contribution in [-0.4, -0.2) is 50.3 Å². The lowest BCUT2D eigenvalue weighted by Gasteiger charge is -2.28. The zero-order chi connectivity index (χ0) is 24.7. The maximum atomic E-state index is 13.3. The highest BCUT2D eigenvalue weighted by molar-refractivity contribution is 6.05. The largest absolute Gasteiger partial charge is 0.492 e. The first-order valence-corrected chi connectivity index (χ1v) is 11.7. The second-order valence-corrected chi connectivity index (χ2v) is 9.23. The summed E-state index contributed by atoms with van der Waals surface area (Å²) in [6.07, 6.45) is 6.15. The number of hydrogen-bond acceptors (Lipinski definition) is 6. The fourth-order valence-corrected chi connectivity index (χ4v) is 4.20. The van der Waals surface area contributed by atoms with Crippen LogP contribution in [0.5, 0.6) is 11.6 Å². The molecule has 1 fully saturated rings. The highest BCUT2D eigenvalue weighted by Crippen LogP contribution is 2.31. The number of aromatic nitrogens is 3. The molecular weight excluding hydrogens is 450 g/mol. The SMILES string of the molecule is CC(C)Cn1c(=O)c(C(=O)NC2CC2)c(O)n2ncc(/C=C/C(=O)N3CCOc4ccccc43)c12. The van der Waals surface area contributed by atoms with E-state index >= 15 is 0 Å². The van der Waals surface area contributed by atoms with Crippen molar-refractivity contribution in [3.8, 4) is 11.6 Å². The molecule has 0 radical (unpaired) electrons. The Morgan fingerprint density at radius 2 is 2.06 bits per heavy atom. The van der Waals surface area contributed by atoms with E-state index in [1.807, 2.05) is 38.1 Å². The van der Waals surface area contributed by atoms with Crippen LogP contribution in [0.1, 0.15) is 42.6 Å². The van der Waals surface area contributed by atoms with Gasteiger partial charge in [-0.15, -0.1) is 0 Å². The maximum absolute atomic E-state index is 13.3. The molecule has 0 bridgehead atoms. The fraction of sp³-hybridized carbons (Fsp3) is 0.360. The van der Waals surface area contributed by atoms with E-state index in [4.69, 9.17) is 4.74 Å². The first-order valence-electron chi connectivity index (χ1n) is 11.7. The van der Waals surface area contributed by atoms with Crippen LogP contribution in [0.15, 0.2) is 41.3 Å². The Morgan fingerprint density at radius 3 is 2.80 bits per heavy atom. The smallest absolute Gasteiger partial charge is 0.270 e. The van der Waals surface area contributed by atoms with Gasteiger partial charge in [-0.05, 0) is 37.0 Å². The number of rotatable bonds is 6. The Balaban J connectivity index is 1.54. The molecule has 3 aromatic rings. The third kappa shape index (κ3) is 4.27. The van der Waals surface area contributed by atoms with Crippen molar-refractivity contribution in [1.82, 2.24) is 19.5 Å². The number of benzene rings is 1. The first-order chi connectivity index (χ1) is 16.8. The van der Waals surface area contributed by atoms with Gasteiger partial charge < -0.3 is 20.1 Å². The van der Waals surface area contributed by atoms with Crippen molar-refractivity contribution in [3.05, 3.63) is 58.0 Å². The van der Waals surface area contributed by atoms with Crippen LogP contribution < -0.4 is 20.5 Å². The number of carbonyl (C=O) groups is 2. The summed E-state index contributed by atoms with van der Waals surface area (Å²) in [4.78, 5) is 40.7. The Kier molecular flexibility index (Phi) is 5.80. The van der Waals surface area contributed by atoms with Gasteiger partial charge in [0.2, 0.25) is 5.88 Å². The second kappa shape index (κ2) is 8.94. The van der Waals surface area contributed by atoms with Gasteiger partial charge in [-0.25, -0.2) is 0 Å². The van der Waals surface area contributed by atoms with Crippen LogP contribution in [0.3, 0.4) is 0 Å². The monoisotopic (exact) mass is 477 g/mol. The molecule has 2 aliphatic rings. The molecule has 0 atom stereocenters. The molecule has 1 aliphatic carbocycles. The van der Waals surface area contributed by atoms with Gasteiger partial charge in [0.25, 0.3) is 17.4 Å². The molecule has 10 nitrogen and oxygen atoms in total. The lowest BCUT2D eigenvalue weighted by atomic mass is 10.2. The van der Waals surface area contributed by atoms with Gasteiger partial charge in [-0.1, -0.05) is 26.0 Å². The molecule has 1 aliphatic heterocycles. The average Bonchev–Trinajstić information content (AvgIpc) is 3.55. The Bertz CT molecular complexity index is 1400. The van der Waals surface area contributed by atoms with Crippen molar-refractivity contribution in [1.29, 1.82) is 0 Å². The summed E-state index contributed by atoms with van der Waals surface area (Å²) in [5.41, 5.74) is 0.557. The number of nitrogens with zero attached hydrogens (tertiary/aromatic N) is 4. The number of carbonyl (C=O) groups excluding carboxylic acids is 2. The number of anilines is 1. The third-order valence-corrected chi connectivity index (χ3v) is 6.00. The van der Waals surface area contributed by atoms with Crippen molar-refractivity contribution >= 4 is 29.2 Å². The lowest BCUT2D eigenvalue weighted by Crippen LogP contribution is -2.36. The minimum Gasteiger partial charge on any atom is -0.492 e. The standard InChI is InChI=1S/C25H27N5O5/c1-15(2)14-29-23-16(7-10-20(31)28-11-12-35-19-6-4-3-5-18(19)28)13-26-30(23)25(34)21(24(29)33)22(32)27-17-8-9-17/h3-7,10,13,15,17,34H,8-9,11-12,14H2,1-2H3,(H,27,32)/b10-7+. The topological polar surface area (TPSA) is 118 Å². The number of para-hydroxylation sites is 2. The minimum atomic E-state index is -0.608. The molecule has 1 saturated carbocycles. The summed E-state index contributed by atoms with van der Waals surface area (Å²) < 4.78 is 8.24. The third-order valence-electron chi connectivity index (χ3n) is 6.00. The van der Waals surface area contributed by atoms with Gasteiger partial charge in [-0.2, -0.15) is 9.61 Å². The van der Waals surface area contributed by atoms with E-state index < -0.39 is 17.3 Å². The van der Waals surface area contributed by atoms with E-state index in [1.54, 1.807) is 11.0 Å².